The highest BCUT2D eigenvalue weighted by Crippen LogP contribution is 2.11. The van der Waals surface area contributed by atoms with Crippen LogP contribution < -0.4 is 5.56 Å². The van der Waals surface area contributed by atoms with Gasteiger partial charge in [0.2, 0.25) is 0 Å². The van der Waals surface area contributed by atoms with Crippen molar-refractivity contribution in [3.05, 3.63) is 46.6 Å². The number of nitrogens with one attached hydrogen (secondary N) is 1. The number of H-pyrrole nitrogens is 1. The first-order chi connectivity index (χ1) is 7.79. The molecule has 82 valence electrons. The van der Waals surface area contributed by atoms with Crippen molar-refractivity contribution in [2.24, 2.45) is 0 Å². The molecule has 0 bridgehead atoms. The molecular weight excluding hydrogens is 202 g/mol. The van der Waals surface area contributed by atoms with Crippen molar-refractivity contribution in [1.82, 2.24) is 15.0 Å². The molecule has 2 aromatic rings. The van der Waals surface area contributed by atoms with Crippen molar-refractivity contribution in [1.29, 1.82) is 0 Å². The standard InChI is InChI=1S/C12H13N3O/c1-2-5-11-14-10(8-12(16)15-11)9-6-3-4-7-13-9/h3-4,6-8H,2,5H2,1H3,(H,14,15,16). The van der Waals surface area contributed by atoms with Crippen molar-refractivity contribution in [3.8, 4) is 11.4 Å². The number of pyridine rings is 1. The lowest BCUT2D eigenvalue weighted by atomic mass is 10.2. The molecule has 0 atom stereocenters. The van der Waals surface area contributed by atoms with E-state index in [4.69, 9.17) is 0 Å². The lowest BCUT2D eigenvalue weighted by Gasteiger charge is -2.02. The Morgan fingerprint density at radius 1 is 1.31 bits per heavy atom. The van der Waals surface area contributed by atoms with E-state index >= 15 is 0 Å². The summed E-state index contributed by atoms with van der Waals surface area (Å²) in [5, 5.41) is 0. The van der Waals surface area contributed by atoms with Crippen LogP contribution in [0, 0.1) is 0 Å². The van der Waals surface area contributed by atoms with Crippen LogP contribution in [-0.2, 0) is 6.42 Å². The van der Waals surface area contributed by atoms with Crippen molar-refractivity contribution in [3.63, 3.8) is 0 Å². The summed E-state index contributed by atoms with van der Waals surface area (Å²) in [6.07, 6.45) is 3.42. The van der Waals surface area contributed by atoms with Gasteiger partial charge in [-0.15, -0.1) is 0 Å². The van der Waals surface area contributed by atoms with Gasteiger partial charge in [0.15, 0.2) is 0 Å². The molecule has 0 aliphatic heterocycles. The van der Waals surface area contributed by atoms with E-state index in [1.165, 1.54) is 6.07 Å². The minimum absolute atomic E-state index is 0.126. The molecule has 0 aliphatic rings. The summed E-state index contributed by atoms with van der Waals surface area (Å²) in [7, 11) is 0. The molecule has 2 heterocycles. The quantitative estimate of drug-likeness (QED) is 0.849. The third kappa shape index (κ3) is 2.34. The van der Waals surface area contributed by atoms with Crippen LogP contribution in [0.1, 0.15) is 19.2 Å². The fourth-order valence-electron chi connectivity index (χ4n) is 1.51. The SMILES string of the molecule is CCCc1nc(-c2ccccn2)cc(=O)[nH]1. The molecule has 0 unspecified atom stereocenters. The van der Waals surface area contributed by atoms with E-state index in [2.05, 4.69) is 15.0 Å². The van der Waals surface area contributed by atoms with Crippen LogP contribution >= 0.6 is 0 Å². The topological polar surface area (TPSA) is 58.6 Å². The first kappa shape index (κ1) is 10.5. The normalized spacial score (nSPS) is 10.3. The van der Waals surface area contributed by atoms with E-state index in [-0.39, 0.29) is 5.56 Å². The zero-order chi connectivity index (χ0) is 11.4. The molecule has 0 saturated heterocycles. The summed E-state index contributed by atoms with van der Waals surface area (Å²) >= 11 is 0. The van der Waals surface area contributed by atoms with Crippen LogP contribution in [0.5, 0.6) is 0 Å². The smallest absolute Gasteiger partial charge is 0.251 e. The van der Waals surface area contributed by atoms with E-state index in [0.717, 1.165) is 24.4 Å². The van der Waals surface area contributed by atoms with Gasteiger partial charge in [0.1, 0.15) is 5.82 Å². The fraction of sp³-hybridized carbons (Fsp3) is 0.250. The zero-order valence-corrected chi connectivity index (χ0v) is 9.10. The van der Waals surface area contributed by atoms with E-state index < -0.39 is 0 Å². The maximum Gasteiger partial charge on any atom is 0.251 e. The van der Waals surface area contributed by atoms with Gasteiger partial charge in [-0.25, -0.2) is 4.98 Å². The van der Waals surface area contributed by atoms with E-state index in [0.29, 0.717) is 5.69 Å². The van der Waals surface area contributed by atoms with Gasteiger partial charge in [-0.2, -0.15) is 0 Å². The van der Waals surface area contributed by atoms with Crippen LogP contribution in [0.2, 0.25) is 0 Å². The number of aryl methyl sites for hydroxylation is 1. The average molecular weight is 215 g/mol. The minimum Gasteiger partial charge on any atom is -0.311 e. The highest BCUT2D eigenvalue weighted by molar-refractivity contribution is 5.52. The highest BCUT2D eigenvalue weighted by atomic mass is 16.1. The maximum absolute atomic E-state index is 11.4. The Labute approximate surface area is 93.4 Å². The van der Waals surface area contributed by atoms with E-state index in [9.17, 15) is 4.79 Å². The van der Waals surface area contributed by atoms with Crippen LogP contribution in [0.3, 0.4) is 0 Å². The van der Waals surface area contributed by atoms with Crippen LogP contribution in [0.15, 0.2) is 35.3 Å². The molecular formula is C12H13N3O. The molecule has 0 saturated carbocycles. The lowest BCUT2D eigenvalue weighted by Crippen LogP contribution is -2.11. The third-order valence-electron chi connectivity index (χ3n) is 2.20. The fourth-order valence-corrected chi connectivity index (χ4v) is 1.51. The summed E-state index contributed by atoms with van der Waals surface area (Å²) in [5.74, 6) is 0.718. The number of aromatic nitrogens is 3. The predicted molar refractivity (Wildman–Crippen MR) is 62.1 cm³/mol. The second kappa shape index (κ2) is 4.70. The molecule has 4 nitrogen and oxygen atoms in total. The molecule has 16 heavy (non-hydrogen) atoms. The molecule has 0 spiro atoms. The molecule has 0 aliphatic carbocycles. The van der Waals surface area contributed by atoms with Gasteiger partial charge in [0.25, 0.3) is 5.56 Å². The van der Waals surface area contributed by atoms with Gasteiger partial charge < -0.3 is 4.98 Å². The Bertz CT molecular complexity index is 519. The average Bonchev–Trinajstić information content (AvgIpc) is 2.30. The first-order valence-corrected chi connectivity index (χ1v) is 5.31. The monoisotopic (exact) mass is 215 g/mol. The zero-order valence-electron chi connectivity index (χ0n) is 9.10. The Hall–Kier alpha value is -1.97. The van der Waals surface area contributed by atoms with Gasteiger partial charge in [-0.05, 0) is 18.6 Å². The van der Waals surface area contributed by atoms with Gasteiger partial charge >= 0.3 is 0 Å². The van der Waals surface area contributed by atoms with E-state index in [1.807, 2.05) is 25.1 Å². The van der Waals surface area contributed by atoms with Crippen LogP contribution in [-0.4, -0.2) is 15.0 Å². The number of hydrogen-bond donors (Lipinski definition) is 1. The number of aromatic amines is 1. The van der Waals surface area contributed by atoms with Gasteiger partial charge in [-0.1, -0.05) is 13.0 Å². The first-order valence-electron chi connectivity index (χ1n) is 5.31. The van der Waals surface area contributed by atoms with Gasteiger partial charge in [0.05, 0.1) is 11.4 Å². The second-order valence-electron chi connectivity index (χ2n) is 3.54. The molecule has 2 rings (SSSR count). The summed E-state index contributed by atoms with van der Waals surface area (Å²) in [6, 6.07) is 7.04. The van der Waals surface area contributed by atoms with Gasteiger partial charge in [-0.3, -0.25) is 9.78 Å². The number of rotatable bonds is 3. The predicted octanol–water partition coefficient (Wildman–Crippen LogP) is 1.78. The van der Waals surface area contributed by atoms with Crippen molar-refractivity contribution in [2.75, 3.05) is 0 Å². The maximum atomic E-state index is 11.4. The van der Waals surface area contributed by atoms with Crippen LogP contribution in [0.4, 0.5) is 0 Å². The molecule has 0 aromatic carbocycles. The summed E-state index contributed by atoms with van der Waals surface area (Å²) in [4.78, 5) is 22.7. The lowest BCUT2D eigenvalue weighted by molar-refractivity contribution is 0.827. The second-order valence-corrected chi connectivity index (χ2v) is 3.54. The molecule has 0 amide bonds. The van der Waals surface area contributed by atoms with Crippen LogP contribution in [0.25, 0.3) is 11.4 Å². The van der Waals surface area contributed by atoms with Crippen molar-refractivity contribution >= 4 is 0 Å². The molecule has 0 fully saturated rings. The molecule has 2 aromatic heterocycles. The van der Waals surface area contributed by atoms with Crippen molar-refractivity contribution < 1.29 is 0 Å². The molecule has 0 radical (unpaired) electrons. The minimum atomic E-state index is -0.126. The Balaban J connectivity index is 2.45. The summed E-state index contributed by atoms with van der Waals surface area (Å²) in [5.41, 5.74) is 1.23. The Kier molecular flexibility index (Phi) is 3.10. The van der Waals surface area contributed by atoms with Crippen molar-refractivity contribution in [2.45, 2.75) is 19.8 Å². The molecule has 1 N–H and O–H groups in total. The largest absolute Gasteiger partial charge is 0.311 e. The Morgan fingerprint density at radius 3 is 2.88 bits per heavy atom. The summed E-state index contributed by atoms with van der Waals surface area (Å²) in [6.45, 7) is 2.05. The summed E-state index contributed by atoms with van der Waals surface area (Å²) < 4.78 is 0. The third-order valence-corrected chi connectivity index (χ3v) is 2.20. The number of nitrogens with zero attached hydrogens (tertiary/aromatic N) is 2. The molecule has 4 heteroatoms. The van der Waals surface area contributed by atoms with E-state index in [1.54, 1.807) is 6.20 Å². The highest BCUT2D eigenvalue weighted by Gasteiger charge is 2.03. The number of hydrogen-bond acceptors (Lipinski definition) is 3. The van der Waals surface area contributed by atoms with Gasteiger partial charge in [0, 0.05) is 18.7 Å². The Morgan fingerprint density at radius 2 is 2.19 bits per heavy atom.